The molecule has 2 aliphatic rings. The number of hydrogen-bond acceptors (Lipinski definition) is 2. The third-order valence-electron chi connectivity index (χ3n) is 12.4. The minimum atomic E-state index is -0.0770. The molecule has 10 aromatic rings. The largest absolute Gasteiger partial charge is 0.355 e. The molecule has 0 fully saturated rings. The Morgan fingerprint density at radius 3 is 2.25 bits per heavy atom. The highest BCUT2D eigenvalue weighted by Crippen LogP contribution is 2.50. The van der Waals surface area contributed by atoms with Gasteiger partial charge in [0.1, 0.15) is 4.83 Å². The molecule has 0 bridgehead atoms. The molecule has 55 heavy (non-hydrogen) atoms. The van der Waals surface area contributed by atoms with Gasteiger partial charge >= 0.3 is 0 Å². The summed E-state index contributed by atoms with van der Waals surface area (Å²) < 4.78 is 3.93. The number of nitrogens with zero attached hydrogens (tertiary/aromatic N) is 1. The summed E-state index contributed by atoms with van der Waals surface area (Å²) in [4.78, 5) is 1.32. The molecule has 4 heteroatoms. The van der Waals surface area contributed by atoms with Crippen molar-refractivity contribution in [1.29, 1.82) is 0 Å². The molecule has 0 atom stereocenters. The van der Waals surface area contributed by atoms with E-state index in [1.165, 1.54) is 103 Å². The number of thiophene rings is 1. The maximum atomic E-state index is 4.00. The zero-order valence-corrected chi connectivity index (χ0v) is 31.5. The van der Waals surface area contributed by atoms with Crippen molar-refractivity contribution >= 4 is 82.9 Å². The first-order valence-corrected chi connectivity index (χ1v) is 20.0. The van der Waals surface area contributed by atoms with Crippen molar-refractivity contribution < 1.29 is 0 Å². The fourth-order valence-electron chi connectivity index (χ4n) is 9.84. The standard InChI is InChI=1S/C51H35BN2S/c1-51(2)40-20-10-8-17-35(40)36-25-24-33(29-41(36)51)53-43-26-23-31-15-6-7-16-34(31)46(43)39-27-32(30-13-4-3-5-14-30)28-44-48(39)52-42-21-12-19-38-47-37-18-9-11-22-45(37)55-50(47)54(44)49(38)42/h3-29,52-53H,1-2H3. The molecule has 1 N–H and O–H groups in total. The summed E-state index contributed by atoms with van der Waals surface area (Å²) >= 11 is 1.91. The molecule has 0 saturated carbocycles. The van der Waals surface area contributed by atoms with Crippen LogP contribution in [-0.2, 0) is 5.41 Å². The summed E-state index contributed by atoms with van der Waals surface area (Å²) in [5, 5.41) is 10.5. The quantitative estimate of drug-likeness (QED) is 0.179. The third-order valence-corrected chi connectivity index (χ3v) is 13.6. The Kier molecular flexibility index (Phi) is 6.40. The molecule has 3 heterocycles. The third kappa shape index (κ3) is 4.37. The van der Waals surface area contributed by atoms with Crippen LogP contribution in [0.2, 0.25) is 0 Å². The van der Waals surface area contributed by atoms with E-state index in [0.717, 1.165) is 18.7 Å². The SMILES string of the molecule is CC1(C)c2ccccc2-c2ccc(Nc3ccc4ccccc4c3-c3cc(-c4ccccc4)cc4c3Bc3cccc5c6c7ccccc7sc6n-4c35)cc21. The highest BCUT2D eigenvalue weighted by atomic mass is 32.1. The molecule has 2 aromatic heterocycles. The van der Waals surface area contributed by atoms with Crippen LogP contribution < -0.4 is 16.2 Å². The van der Waals surface area contributed by atoms with Gasteiger partial charge in [-0.2, -0.15) is 0 Å². The second-order valence-corrected chi connectivity index (χ2v) is 16.8. The Balaban J connectivity index is 1.13. The molecule has 0 radical (unpaired) electrons. The van der Waals surface area contributed by atoms with Gasteiger partial charge in [-0.1, -0.05) is 147 Å². The summed E-state index contributed by atoms with van der Waals surface area (Å²) in [6, 6.07) is 60.9. The van der Waals surface area contributed by atoms with Gasteiger partial charge in [0.25, 0.3) is 0 Å². The minimum absolute atomic E-state index is 0.0770. The summed E-state index contributed by atoms with van der Waals surface area (Å²) in [6.07, 6.45) is 0. The molecule has 1 aliphatic heterocycles. The van der Waals surface area contributed by atoms with Crippen LogP contribution in [0.5, 0.6) is 0 Å². The molecule has 12 rings (SSSR count). The molecule has 258 valence electrons. The van der Waals surface area contributed by atoms with Crippen molar-refractivity contribution in [2.75, 3.05) is 5.32 Å². The van der Waals surface area contributed by atoms with Crippen LogP contribution >= 0.6 is 11.3 Å². The molecule has 0 spiro atoms. The van der Waals surface area contributed by atoms with E-state index in [0.29, 0.717) is 0 Å². The number of fused-ring (bicyclic) bond motifs is 11. The first-order valence-electron chi connectivity index (χ1n) is 19.2. The zero-order valence-electron chi connectivity index (χ0n) is 30.7. The number of aromatic nitrogens is 1. The first-order chi connectivity index (χ1) is 27.0. The van der Waals surface area contributed by atoms with E-state index >= 15 is 0 Å². The van der Waals surface area contributed by atoms with E-state index in [9.17, 15) is 0 Å². The Hall–Kier alpha value is -6.36. The number of para-hydroxylation sites is 1. The number of anilines is 2. The Bertz CT molecular complexity index is 3240. The van der Waals surface area contributed by atoms with Crippen LogP contribution in [0, 0.1) is 0 Å². The van der Waals surface area contributed by atoms with Crippen molar-refractivity contribution in [3.63, 3.8) is 0 Å². The minimum Gasteiger partial charge on any atom is -0.355 e. The molecule has 2 nitrogen and oxygen atoms in total. The van der Waals surface area contributed by atoms with E-state index in [2.05, 4.69) is 188 Å². The summed E-state index contributed by atoms with van der Waals surface area (Å²) in [7, 11) is 0.861. The number of hydrogen-bond donors (Lipinski definition) is 1. The second-order valence-electron chi connectivity index (χ2n) is 15.8. The highest BCUT2D eigenvalue weighted by Gasteiger charge is 2.35. The number of benzene rings is 8. The molecular formula is C51H35BN2S. The topological polar surface area (TPSA) is 17.0 Å². The normalized spacial score (nSPS) is 13.6. The van der Waals surface area contributed by atoms with Crippen molar-refractivity contribution in [3.8, 4) is 39.1 Å². The Morgan fingerprint density at radius 1 is 0.582 bits per heavy atom. The second kappa shape index (κ2) is 11.3. The lowest BCUT2D eigenvalue weighted by Crippen LogP contribution is -2.37. The molecule has 1 aliphatic carbocycles. The van der Waals surface area contributed by atoms with Gasteiger partial charge in [-0.25, -0.2) is 0 Å². The van der Waals surface area contributed by atoms with Gasteiger partial charge in [-0.15, -0.1) is 11.3 Å². The predicted octanol–water partition coefficient (Wildman–Crippen LogP) is 12.2. The van der Waals surface area contributed by atoms with Crippen LogP contribution in [0.1, 0.15) is 25.0 Å². The van der Waals surface area contributed by atoms with Gasteiger partial charge in [-0.3, -0.25) is 0 Å². The highest BCUT2D eigenvalue weighted by molar-refractivity contribution is 7.25. The zero-order chi connectivity index (χ0) is 36.4. The Labute approximate surface area is 324 Å². The molecule has 0 unspecified atom stereocenters. The smallest absolute Gasteiger partial charge is 0.198 e. The van der Waals surface area contributed by atoms with Crippen LogP contribution in [-0.4, -0.2) is 11.8 Å². The van der Waals surface area contributed by atoms with E-state index < -0.39 is 0 Å². The number of rotatable bonds is 4. The van der Waals surface area contributed by atoms with E-state index in [1.54, 1.807) is 0 Å². The van der Waals surface area contributed by atoms with Crippen LogP contribution in [0.3, 0.4) is 0 Å². The molecular weight excluding hydrogens is 683 g/mol. The molecule has 8 aromatic carbocycles. The van der Waals surface area contributed by atoms with Gasteiger partial charge in [0.05, 0.1) is 0 Å². The fraction of sp³-hybridized carbons (Fsp3) is 0.0588. The maximum Gasteiger partial charge on any atom is 0.198 e. The van der Waals surface area contributed by atoms with Crippen LogP contribution in [0.25, 0.3) is 81.0 Å². The van der Waals surface area contributed by atoms with E-state index in [4.69, 9.17) is 0 Å². The monoisotopic (exact) mass is 718 g/mol. The summed E-state index contributed by atoms with van der Waals surface area (Å²) in [5.74, 6) is 0. The van der Waals surface area contributed by atoms with Crippen molar-refractivity contribution in [2.24, 2.45) is 0 Å². The number of nitrogens with one attached hydrogen (secondary N) is 1. The predicted molar refractivity (Wildman–Crippen MR) is 238 cm³/mol. The van der Waals surface area contributed by atoms with Crippen LogP contribution in [0.15, 0.2) is 164 Å². The van der Waals surface area contributed by atoms with Crippen molar-refractivity contribution in [2.45, 2.75) is 19.3 Å². The van der Waals surface area contributed by atoms with Gasteiger partial charge in [0, 0.05) is 54.4 Å². The Morgan fingerprint density at radius 2 is 1.35 bits per heavy atom. The van der Waals surface area contributed by atoms with Gasteiger partial charge in [0.15, 0.2) is 7.28 Å². The van der Waals surface area contributed by atoms with Gasteiger partial charge in [0.2, 0.25) is 0 Å². The summed E-state index contributed by atoms with van der Waals surface area (Å²) in [6.45, 7) is 4.71. The van der Waals surface area contributed by atoms with Crippen molar-refractivity contribution in [3.05, 3.63) is 175 Å². The first kappa shape index (κ1) is 31.0. The lowest BCUT2D eigenvalue weighted by Gasteiger charge is -2.26. The lowest BCUT2D eigenvalue weighted by atomic mass is 9.58. The van der Waals surface area contributed by atoms with E-state index in [1.807, 2.05) is 11.3 Å². The molecule has 0 saturated heterocycles. The van der Waals surface area contributed by atoms with Crippen LogP contribution in [0.4, 0.5) is 11.4 Å². The van der Waals surface area contributed by atoms with Gasteiger partial charge in [-0.05, 0) is 91.6 Å². The average molecular weight is 719 g/mol. The maximum absolute atomic E-state index is 4.00. The average Bonchev–Trinajstić information content (AvgIpc) is 3.84. The van der Waals surface area contributed by atoms with E-state index in [-0.39, 0.29) is 5.41 Å². The van der Waals surface area contributed by atoms with Gasteiger partial charge < -0.3 is 9.88 Å². The summed E-state index contributed by atoms with van der Waals surface area (Å²) in [5.41, 5.74) is 17.9. The molecule has 0 amide bonds. The van der Waals surface area contributed by atoms with Crippen molar-refractivity contribution in [1.82, 2.24) is 4.57 Å². The fourth-order valence-corrected chi connectivity index (χ4v) is 11.1. The lowest BCUT2D eigenvalue weighted by molar-refractivity contribution is 0.660.